The number of carbonyl (C=O) groups is 2. The second kappa shape index (κ2) is 7.29. The summed E-state index contributed by atoms with van der Waals surface area (Å²) in [5, 5.41) is 7.10. The van der Waals surface area contributed by atoms with E-state index in [1.165, 1.54) is 4.90 Å². The predicted molar refractivity (Wildman–Crippen MR) is 98.8 cm³/mol. The minimum absolute atomic E-state index is 0.158. The van der Waals surface area contributed by atoms with Gasteiger partial charge in [-0.15, -0.1) is 0 Å². The summed E-state index contributed by atoms with van der Waals surface area (Å²) in [7, 11) is 2.02. The number of carbonyl (C=O) groups excluding carboxylic acids is 2. The largest absolute Gasteiger partial charge is 0.325 e. The van der Waals surface area contributed by atoms with E-state index in [1.54, 1.807) is 13.8 Å². The van der Waals surface area contributed by atoms with Gasteiger partial charge >= 0.3 is 6.03 Å². The first kappa shape index (κ1) is 18.1. The van der Waals surface area contributed by atoms with Crippen molar-refractivity contribution in [3.05, 3.63) is 48.3 Å². The van der Waals surface area contributed by atoms with Crippen LogP contribution in [0.5, 0.6) is 0 Å². The molecule has 26 heavy (non-hydrogen) atoms. The number of nitrogens with one attached hydrogen (secondary N) is 1. The van der Waals surface area contributed by atoms with Gasteiger partial charge < -0.3 is 10.2 Å². The van der Waals surface area contributed by atoms with Crippen LogP contribution < -0.4 is 5.32 Å². The summed E-state index contributed by atoms with van der Waals surface area (Å²) >= 11 is 0. The Kier molecular flexibility index (Phi) is 5.08. The molecule has 1 aliphatic rings. The van der Waals surface area contributed by atoms with Gasteiger partial charge in [0.25, 0.3) is 5.91 Å². The molecule has 0 unspecified atom stereocenters. The number of nitrogens with zero attached hydrogens (tertiary/aromatic N) is 4. The number of para-hydroxylation sites is 1. The molecule has 138 valence electrons. The van der Waals surface area contributed by atoms with Crippen LogP contribution in [-0.4, -0.2) is 57.2 Å². The van der Waals surface area contributed by atoms with Gasteiger partial charge in [-0.1, -0.05) is 18.2 Å². The van der Waals surface area contributed by atoms with Crippen molar-refractivity contribution < 1.29 is 9.59 Å². The minimum Gasteiger partial charge on any atom is -0.324 e. The van der Waals surface area contributed by atoms with Gasteiger partial charge in [0, 0.05) is 24.8 Å². The van der Waals surface area contributed by atoms with Crippen molar-refractivity contribution in [2.24, 2.45) is 0 Å². The van der Waals surface area contributed by atoms with E-state index < -0.39 is 5.54 Å². The Balaban J connectivity index is 1.48. The lowest BCUT2D eigenvalue weighted by Crippen LogP contribution is -2.40. The average molecular weight is 355 g/mol. The minimum atomic E-state index is -0.797. The molecule has 7 nitrogen and oxygen atoms in total. The highest BCUT2D eigenvalue weighted by Gasteiger charge is 2.43. The molecule has 0 saturated carbocycles. The maximum absolute atomic E-state index is 12.2. The number of hydrogen-bond donors (Lipinski definition) is 1. The van der Waals surface area contributed by atoms with E-state index in [-0.39, 0.29) is 11.9 Å². The first-order valence-electron chi connectivity index (χ1n) is 8.78. The molecule has 0 spiro atoms. The Morgan fingerprint density at radius 2 is 1.92 bits per heavy atom. The van der Waals surface area contributed by atoms with Crippen molar-refractivity contribution in [1.29, 1.82) is 0 Å². The molecule has 1 aliphatic heterocycles. The molecule has 0 atom stereocenters. The molecule has 3 rings (SSSR count). The van der Waals surface area contributed by atoms with Gasteiger partial charge in [-0.25, -0.2) is 9.48 Å². The lowest BCUT2D eigenvalue weighted by molar-refractivity contribution is -0.130. The second-order valence-corrected chi connectivity index (χ2v) is 7.23. The zero-order chi connectivity index (χ0) is 18.7. The van der Waals surface area contributed by atoms with Crippen molar-refractivity contribution in [3.8, 4) is 5.69 Å². The van der Waals surface area contributed by atoms with Crippen LogP contribution in [0, 0.1) is 0 Å². The molecule has 0 radical (unpaired) electrons. The normalized spacial score (nSPS) is 16.4. The quantitative estimate of drug-likeness (QED) is 0.772. The Morgan fingerprint density at radius 1 is 1.19 bits per heavy atom. The summed E-state index contributed by atoms with van der Waals surface area (Å²) in [6, 6.07) is 9.68. The van der Waals surface area contributed by atoms with E-state index in [0.717, 1.165) is 30.8 Å². The van der Waals surface area contributed by atoms with Crippen molar-refractivity contribution in [3.63, 3.8) is 0 Å². The number of amides is 3. The first-order chi connectivity index (χ1) is 12.4. The average Bonchev–Trinajstić information content (AvgIpc) is 3.13. The molecule has 1 fully saturated rings. The summed E-state index contributed by atoms with van der Waals surface area (Å²) in [5.41, 5.74) is 1.35. The molecular formula is C19H25N5O2. The third kappa shape index (κ3) is 3.94. The van der Waals surface area contributed by atoms with E-state index in [0.29, 0.717) is 6.54 Å². The number of urea groups is 1. The highest BCUT2D eigenvalue weighted by molar-refractivity contribution is 6.06. The van der Waals surface area contributed by atoms with E-state index >= 15 is 0 Å². The number of aromatic nitrogens is 2. The van der Waals surface area contributed by atoms with Crippen molar-refractivity contribution in [2.45, 2.75) is 32.4 Å². The summed E-state index contributed by atoms with van der Waals surface area (Å²) in [6.07, 6.45) is 4.62. The standard InChI is InChI=1S/C19H25N5O2/c1-19(2)17(25)23(18(26)21-19)11-7-10-22(3)13-15-12-20-24(14-15)16-8-5-4-6-9-16/h4-6,8-9,12,14H,7,10-11,13H2,1-3H3,(H,21,26). The molecule has 1 aromatic carbocycles. The monoisotopic (exact) mass is 355 g/mol. The molecule has 1 aromatic heterocycles. The van der Waals surface area contributed by atoms with Gasteiger partial charge in [-0.05, 0) is 46.0 Å². The number of hydrogen-bond acceptors (Lipinski definition) is 4. The molecule has 0 aliphatic carbocycles. The number of imide groups is 1. The molecule has 2 aromatic rings. The highest BCUT2D eigenvalue weighted by atomic mass is 16.2. The molecule has 2 heterocycles. The number of benzene rings is 1. The van der Waals surface area contributed by atoms with Crippen LogP contribution in [-0.2, 0) is 11.3 Å². The SMILES string of the molecule is CN(CCCN1C(=O)NC(C)(C)C1=O)Cc1cnn(-c2ccccc2)c1. The molecule has 3 amide bonds. The third-order valence-electron chi connectivity index (χ3n) is 4.48. The van der Waals surface area contributed by atoms with Crippen molar-refractivity contribution in [1.82, 2.24) is 24.9 Å². The molecular weight excluding hydrogens is 330 g/mol. The fourth-order valence-electron chi connectivity index (χ4n) is 3.07. The Bertz CT molecular complexity index is 784. The topological polar surface area (TPSA) is 70.5 Å². The van der Waals surface area contributed by atoms with Crippen LogP contribution in [0.3, 0.4) is 0 Å². The molecule has 1 saturated heterocycles. The third-order valence-corrected chi connectivity index (χ3v) is 4.48. The van der Waals surface area contributed by atoms with E-state index in [1.807, 2.05) is 54.5 Å². The van der Waals surface area contributed by atoms with Gasteiger partial charge in [-0.3, -0.25) is 9.69 Å². The Labute approximate surface area is 153 Å². The van der Waals surface area contributed by atoms with Gasteiger partial charge in [0.05, 0.1) is 11.9 Å². The zero-order valence-corrected chi connectivity index (χ0v) is 15.5. The van der Waals surface area contributed by atoms with E-state index in [4.69, 9.17) is 0 Å². The highest BCUT2D eigenvalue weighted by Crippen LogP contribution is 2.17. The first-order valence-corrected chi connectivity index (χ1v) is 8.78. The molecule has 7 heteroatoms. The van der Waals surface area contributed by atoms with E-state index in [9.17, 15) is 9.59 Å². The summed E-state index contributed by atoms with van der Waals surface area (Å²) in [5.74, 6) is -0.158. The fraction of sp³-hybridized carbons (Fsp3) is 0.421. The van der Waals surface area contributed by atoms with Crippen LogP contribution in [0.15, 0.2) is 42.7 Å². The zero-order valence-electron chi connectivity index (χ0n) is 15.5. The van der Waals surface area contributed by atoms with Gasteiger partial charge in [0.2, 0.25) is 0 Å². The Morgan fingerprint density at radius 3 is 2.58 bits per heavy atom. The molecule has 1 N–H and O–H groups in total. The lowest BCUT2D eigenvalue weighted by Gasteiger charge is -2.19. The summed E-state index contributed by atoms with van der Waals surface area (Å²) in [6.45, 7) is 5.43. The maximum atomic E-state index is 12.2. The number of rotatable bonds is 7. The van der Waals surface area contributed by atoms with Gasteiger partial charge in [0.15, 0.2) is 0 Å². The summed E-state index contributed by atoms with van der Waals surface area (Å²) in [4.78, 5) is 27.5. The lowest BCUT2D eigenvalue weighted by atomic mass is 10.1. The van der Waals surface area contributed by atoms with Gasteiger partial charge in [-0.2, -0.15) is 5.10 Å². The van der Waals surface area contributed by atoms with Crippen LogP contribution in [0.25, 0.3) is 5.69 Å². The van der Waals surface area contributed by atoms with Crippen molar-refractivity contribution >= 4 is 11.9 Å². The van der Waals surface area contributed by atoms with Crippen LogP contribution in [0.1, 0.15) is 25.8 Å². The maximum Gasteiger partial charge on any atom is 0.325 e. The molecule has 0 bridgehead atoms. The Hall–Kier alpha value is -2.67. The van der Waals surface area contributed by atoms with Crippen LogP contribution in [0.2, 0.25) is 0 Å². The van der Waals surface area contributed by atoms with Gasteiger partial charge in [0.1, 0.15) is 5.54 Å². The fourth-order valence-corrected chi connectivity index (χ4v) is 3.07. The predicted octanol–water partition coefficient (Wildman–Crippen LogP) is 2.02. The van der Waals surface area contributed by atoms with Crippen molar-refractivity contribution in [2.75, 3.05) is 20.1 Å². The second-order valence-electron chi connectivity index (χ2n) is 7.23. The van der Waals surface area contributed by atoms with Crippen LogP contribution >= 0.6 is 0 Å². The summed E-state index contributed by atoms with van der Waals surface area (Å²) < 4.78 is 1.86. The smallest absolute Gasteiger partial charge is 0.324 e. The van der Waals surface area contributed by atoms with E-state index in [2.05, 4.69) is 15.3 Å². The van der Waals surface area contributed by atoms with Crippen LogP contribution in [0.4, 0.5) is 4.79 Å².